The van der Waals surface area contributed by atoms with Gasteiger partial charge in [0.2, 0.25) is 5.89 Å². The minimum Gasteiger partial charge on any atom is -0.339 e. The van der Waals surface area contributed by atoms with Crippen molar-refractivity contribution in [3.8, 4) is 0 Å². The molecule has 2 aliphatic rings. The zero-order valence-electron chi connectivity index (χ0n) is 12.1. The third-order valence-electron chi connectivity index (χ3n) is 4.78. The van der Waals surface area contributed by atoms with Crippen LogP contribution in [0.2, 0.25) is 0 Å². The van der Waals surface area contributed by atoms with Gasteiger partial charge in [-0.3, -0.25) is 0 Å². The van der Waals surface area contributed by atoms with Gasteiger partial charge in [0.15, 0.2) is 5.82 Å². The van der Waals surface area contributed by atoms with Crippen molar-refractivity contribution in [2.45, 2.75) is 64.3 Å². The molecule has 106 valence electrons. The van der Waals surface area contributed by atoms with Gasteiger partial charge < -0.3 is 9.84 Å². The smallest absolute Gasteiger partial charge is 0.228 e. The highest BCUT2D eigenvalue weighted by molar-refractivity contribution is 5.06. The molecule has 1 aromatic heterocycles. The van der Waals surface area contributed by atoms with Crippen LogP contribution in [-0.4, -0.2) is 22.7 Å². The van der Waals surface area contributed by atoms with E-state index < -0.39 is 0 Å². The minimum atomic E-state index is 0.410. The first-order chi connectivity index (χ1) is 9.26. The predicted molar refractivity (Wildman–Crippen MR) is 73.9 cm³/mol. The van der Waals surface area contributed by atoms with Crippen LogP contribution in [-0.2, 0) is 6.42 Å². The summed E-state index contributed by atoms with van der Waals surface area (Å²) < 4.78 is 5.43. The lowest BCUT2D eigenvalue weighted by molar-refractivity contribution is 0.342. The SMILES string of the molecule is CCCNC(C)Cc1nc(C2CC3CCC2C3)no1. The van der Waals surface area contributed by atoms with Crippen molar-refractivity contribution in [3.63, 3.8) is 0 Å². The van der Waals surface area contributed by atoms with Gasteiger partial charge in [0.05, 0.1) is 0 Å². The summed E-state index contributed by atoms with van der Waals surface area (Å²) in [6, 6.07) is 0.410. The van der Waals surface area contributed by atoms with Crippen molar-refractivity contribution in [2.75, 3.05) is 6.54 Å². The fraction of sp³-hybridized carbons (Fsp3) is 0.867. The van der Waals surface area contributed by atoms with Gasteiger partial charge in [-0.05, 0) is 51.0 Å². The van der Waals surface area contributed by atoms with Crippen LogP contribution < -0.4 is 5.32 Å². The molecule has 1 heterocycles. The number of rotatable bonds is 6. The van der Waals surface area contributed by atoms with Gasteiger partial charge in [-0.25, -0.2) is 0 Å². The second kappa shape index (κ2) is 5.61. The van der Waals surface area contributed by atoms with E-state index >= 15 is 0 Å². The van der Waals surface area contributed by atoms with Crippen LogP contribution in [0.1, 0.15) is 63.6 Å². The van der Waals surface area contributed by atoms with Crippen LogP contribution in [0.3, 0.4) is 0 Å². The summed E-state index contributed by atoms with van der Waals surface area (Å²) in [5.74, 6) is 4.11. The topological polar surface area (TPSA) is 51.0 Å². The molecule has 4 atom stereocenters. The molecule has 19 heavy (non-hydrogen) atoms. The molecule has 0 radical (unpaired) electrons. The van der Waals surface area contributed by atoms with E-state index in [-0.39, 0.29) is 0 Å². The molecule has 3 rings (SSSR count). The Kier molecular flexibility index (Phi) is 3.87. The van der Waals surface area contributed by atoms with Gasteiger partial charge in [-0.1, -0.05) is 18.5 Å². The Hall–Kier alpha value is -0.900. The van der Waals surface area contributed by atoms with E-state index in [1.165, 1.54) is 25.7 Å². The third-order valence-corrected chi connectivity index (χ3v) is 4.78. The predicted octanol–water partition coefficient (Wildman–Crippen LogP) is 2.90. The summed E-state index contributed by atoms with van der Waals surface area (Å²) >= 11 is 0. The lowest BCUT2D eigenvalue weighted by Crippen LogP contribution is -2.28. The highest BCUT2D eigenvalue weighted by Crippen LogP contribution is 2.52. The van der Waals surface area contributed by atoms with E-state index in [0.29, 0.717) is 12.0 Å². The molecule has 0 spiro atoms. The largest absolute Gasteiger partial charge is 0.339 e. The summed E-state index contributed by atoms with van der Waals surface area (Å²) in [6.07, 6.45) is 7.46. The van der Waals surface area contributed by atoms with Crippen LogP contribution in [0.4, 0.5) is 0 Å². The molecule has 2 bridgehead atoms. The molecule has 1 N–H and O–H groups in total. The molecule has 4 unspecified atom stereocenters. The summed E-state index contributed by atoms with van der Waals surface area (Å²) in [6.45, 7) is 5.41. The molecule has 0 amide bonds. The Bertz CT molecular complexity index is 417. The molecule has 4 nitrogen and oxygen atoms in total. The van der Waals surface area contributed by atoms with Crippen molar-refractivity contribution in [3.05, 3.63) is 11.7 Å². The molecule has 4 heteroatoms. The first-order valence-corrected chi connectivity index (χ1v) is 7.82. The summed E-state index contributed by atoms with van der Waals surface area (Å²) in [7, 11) is 0. The van der Waals surface area contributed by atoms with Gasteiger partial charge in [0.25, 0.3) is 0 Å². The first kappa shape index (κ1) is 13.1. The molecule has 0 aromatic carbocycles. The van der Waals surface area contributed by atoms with E-state index in [4.69, 9.17) is 4.52 Å². The van der Waals surface area contributed by atoms with E-state index in [0.717, 1.165) is 42.9 Å². The molecule has 2 saturated carbocycles. The maximum absolute atomic E-state index is 5.43. The zero-order valence-corrected chi connectivity index (χ0v) is 12.1. The van der Waals surface area contributed by atoms with Gasteiger partial charge in [0.1, 0.15) is 0 Å². The van der Waals surface area contributed by atoms with Gasteiger partial charge in [-0.15, -0.1) is 0 Å². The Morgan fingerprint density at radius 2 is 2.26 bits per heavy atom. The Labute approximate surface area is 115 Å². The van der Waals surface area contributed by atoms with Crippen molar-refractivity contribution >= 4 is 0 Å². The zero-order chi connectivity index (χ0) is 13.2. The average molecular weight is 263 g/mol. The lowest BCUT2D eigenvalue weighted by atomic mass is 9.88. The summed E-state index contributed by atoms with van der Waals surface area (Å²) in [5, 5.41) is 7.70. The first-order valence-electron chi connectivity index (χ1n) is 7.82. The number of hydrogen-bond donors (Lipinski definition) is 1. The van der Waals surface area contributed by atoms with Crippen LogP contribution in [0.15, 0.2) is 4.52 Å². The van der Waals surface area contributed by atoms with E-state index in [1.807, 2.05) is 0 Å². The van der Waals surface area contributed by atoms with Crippen LogP contribution in [0.5, 0.6) is 0 Å². The maximum atomic E-state index is 5.43. The maximum Gasteiger partial charge on any atom is 0.228 e. The Morgan fingerprint density at radius 1 is 1.37 bits per heavy atom. The van der Waals surface area contributed by atoms with Gasteiger partial charge >= 0.3 is 0 Å². The quantitative estimate of drug-likeness (QED) is 0.857. The fourth-order valence-electron chi connectivity index (χ4n) is 3.79. The molecule has 2 aliphatic carbocycles. The summed E-state index contributed by atoms with van der Waals surface area (Å²) in [4.78, 5) is 4.64. The third kappa shape index (κ3) is 2.83. The number of fused-ring (bicyclic) bond motifs is 2. The van der Waals surface area contributed by atoms with Crippen molar-refractivity contribution in [1.82, 2.24) is 15.5 Å². The van der Waals surface area contributed by atoms with Crippen LogP contribution >= 0.6 is 0 Å². The molecular formula is C15H25N3O. The lowest BCUT2D eigenvalue weighted by Gasteiger charge is -2.17. The van der Waals surface area contributed by atoms with Crippen molar-refractivity contribution in [2.24, 2.45) is 11.8 Å². The number of nitrogens with one attached hydrogen (secondary N) is 1. The number of aromatic nitrogens is 2. The molecular weight excluding hydrogens is 238 g/mol. The second-order valence-electron chi connectivity index (χ2n) is 6.39. The van der Waals surface area contributed by atoms with Crippen LogP contribution in [0.25, 0.3) is 0 Å². The van der Waals surface area contributed by atoms with E-state index in [2.05, 4.69) is 29.3 Å². The summed E-state index contributed by atoms with van der Waals surface area (Å²) in [5.41, 5.74) is 0. The normalized spacial score (nSPS) is 30.9. The highest BCUT2D eigenvalue weighted by Gasteiger charge is 2.42. The van der Waals surface area contributed by atoms with E-state index in [9.17, 15) is 0 Å². The highest BCUT2D eigenvalue weighted by atomic mass is 16.5. The van der Waals surface area contributed by atoms with Gasteiger partial charge in [-0.2, -0.15) is 4.98 Å². The van der Waals surface area contributed by atoms with Crippen molar-refractivity contribution < 1.29 is 4.52 Å². The fourth-order valence-corrected chi connectivity index (χ4v) is 3.79. The second-order valence-corrected chi connectivity index (χ2v) is 6.39. The molecule has 2 fully saturated rings. The standard InChI is InChI=1S/C15H25N3O/c1-3-6-16-10(2)7-14-17-15(18-19-14)13-9-11-4-5-12(13)8-11/h10-13,16H,3-9H2,1-2H3. The Balaban J connectivity index is 1.57. The molecule has 0 saturated heterocycles. The Morgan fingerprint density at radius 3 is 2.95 bits per heavy atom. The van der Waals surface area contributed by atoms with E-state index in [1.54, 1.807) is 0 Å². The molecule has 1 aromatic rings. The van der Waals surface area contributed by atoms with Gasteiger partial charge in [0, 0.05) is 18.4 Å². The van der Waals surface area contributed by atoms with Crippen LogP contribution in [0, 0.1) is 11.8 Å². The average Bonchev–Trinajstić information content (AvgIpc) is 3.11. The minimum absolute atomic E-state index is 0.410. The van der Waals surface area contributed by atoms with Crippen molar-refractivity contribution in [1.29, 1.82) is 0 Å². The number of nitrogens with zero attached hydrogens (tertiary/aromatic N) is 2. The number of hydrogen-bond acceptors (Lipinski definition) is 4. The monoisotopic (exact) mass is 263 g/mol. The molecule has 0 aliphatic heterocycles.